The first-order valence-electron chi connectivity index (χ1n) is 13.2. The lowest BCUT2D eigenvalue weighted by molar-refractivity contribution is -0.153. The van der Waals surface area contributed by atoms with E-state index in [2.05, 4.69) is 15.7 Å². The van der Waals surface area contributed by atoms with E-state index in [-0.39, 0.29) is 17.6 Å². The number of alkyl halides is 3. The molecule has 2 aromatic heterocycles. The Morgan fingerprint density at radius 1 is 1.28 bits per heavy atom. The molecule has 1 saturated carbocycles. The van der Waals surface area contributed by atoms with E-state index in [1.54, 1.807) is 29.9 Å². The van der Waals surface area contributed by atoms with Gasteiger partial charge in [-0.2, -0.15) is 23.4 Å². The number of ether oxygens (including phenoxy) is 1. The molecule has 206 valence electrons. The van der Waals surface area contributed by atoms with Crippen LogP contribution in [-0.4, -0.2) is 44.2 Å². The predicted molar refractivity (Wildman–Crippen MR) is 135 cm³/mol. The summed E-state index contributed by atoms with van der Waals surface area (Å²) in [6.45, 7) is -0.780. The van der Waals surface area contributed by atoms with Crippen LogP contribution in [-0.2, 0) is 32.0 Å². The summed E-state index contributed by atoms with van der Waals surface area (Å²) in [5.41, 5.74) is 2.28. The number of carbonyl (C=O) groups is 2. The molecule has 2 N–H and O–H groups in total. The number of fused-ring (bicyclic) bond motifs is 3. The molecule has 3 aliphatic rings. The van der Waals surface area contributed by atoms with Crippen molar-refractivity contribution in [1.82, 2.24) is 24.9 Å². The molecule has 12 heteroatoms. The zero-order valence-electron chi connectivity index (χ0n) is 21.5. The fraction of sp³-hybridized carbons (Fsp3) is 0.481. The van der Waals surface area contributed by atoms with Crippen molar-refractivity contribution >= 4 is 17.6 Å². The largest absolute Gasteiger partial charge is 0.484 e. The van der Waals surface area contributed by atoms with Crippen molar-refractivity contribution in [2.24, 2.45) is 13.0 Å². The number of amides is 2. The third-order valence-electron chi connectivity index (χ3n) is 7.85. The summed E-state index contributed by atoms with van der Waals surface area (Å²) >= 11 is 0. The maximum absolute atomic E-state index is 13.7. The summed E-state index contributed by atoms with van der Waals surface area (Å²) in [6.07, 6.45) is 2.86. The van der Waals surface area contributed by atoms with Crippen LogP contribution < -0.4 is 15.4 Å². The lowest BCUT2D eigenvalue weighted by atomic mass is 9.72. The van der Waals surface area contributed by atoms with Gasteiger partial charge in [-0.25, -0.2) is 4.68 Å². The van der Waals surface area contributed by atoms with Gasteiger partial charge in [0.25, 0.3) is 11.8 Å². The number of nitrogens with one attached hydrogen (secondary N) is 2. The first-order valence-corrected chi connectivity index (χ1v) is 13.2. The molecular formula is C27H29F3N6O3. The van der Waals surface area contributed by atoms with Gasteiger partial charge in [0.2, 0.25) is 0 Å². The molecule has 39 heavy (non-hydrogen) atoms. The SMILES string of the molecule is Cn1nccc1C(=O)Nc1c2c(nn1CCC1CC1)C[C@]1(CCCc3cc(OCC(F)(F)F)ccc31)NC2=O. The number of hydrogen-bond donors (Lipinski definition) is 2. The van der Waals surface area contributed by atoms with E-state index in [0.717, 1.165) is 24.0 Å². The van der Waals surface area contributed by atoms with Gasteiger partial charge in [0, 0.05) is 26.2 Å². The molecular weight excluding hydrogens is 513 g/mol. The minimum Gasteiger partial charge on any atom is -0.484 e. The van der Waals surface area contributed by atoms with Crippen LogP contribution in [0.4, 0.5) is 19.0 Å². The second-order valence-corrected chi connectivity index (χ2v) is 10.7. The quantitative estimate of drug-likeness (QED) is 0.468. The first kappa shape index (κ1) is 25.4. The van der Waals surface area contributed by atoms with E-state index in [0.29, 0.717) is 54.5 Å². The molecule has 1 fully saturated rings. The second-order valence-electron chi connectivity index (χ2n) is 10.7. The lowest BCUT2D eigenvalue weighted by Crippen LogP contribution is -2.52. The molecule has 0 unspecified atom stereocenters. The van der Waals surface area contributed by atoms with Crippen molar-refractivity contribution in [1.29, 1.82) is 0 Å². The molecule has 1 atom stereocenters. The Kier molecular flexibility index (Phi) is 6.15. The fourth-order valence-corrected chi connectivity index (χ4v) is 5.78. The van der Waals surface area contributed by atoms with E-state index >= 15 is 0 Å². The predicted octanol–water partition coefficient (Wildman–Crippen LogP) is 4.13. The van der Waals surface area contributed by atoms with Crippen molar-refractivity contribution in [2.75, 3.05) is 11.9 Å². The van der Waals surface area contributed by atoms with Crippen LogP contribution in [0.5, 0.6) is 5.75 Å². The fourth-order valence-electron chi connectivity index (χ4n) is 5.78. The number of rotatable bonds is 7. The van der Waals surface area contributed by atoms with E-state index < -0.39 is 18.3 Å². The number of aryl methyl sites for hydroxylation is 3. The number of halogens is 3. The molecule has 0 bridgehead atoms. The topological polar surface area (TPSA) is 103 Å². The van der Waals surface area contributed by atoms with Crippen molar-refractivity contribution in [3.05, 3.63) is 58.5 Å². The van der Waals surface area contributed by atoms with Gasteiger partial charge >= 0.3 is 6.18 Å². The Hall–Kier alpha value is -3.83. The van der Waals surface area contributed by atoms with Crippen LogP contribution in [0.25, 0.3) is 0 Å². The molecule has 3 heterocycles. The van der Waals surface area contributed by atoms with E-state index in [1.807, 2.05) is 0 Å². The Balaban J connectivity index is 1.32. The van der Waals surface area contributed by atoms with Gasteiger partial charge in [0.1, 0.15) is 22.8 Å². The highest BCUT2D eigenvalue weighted by atomic mass is 19.4. The van der Waals surface area contributed by atoms with Crippen molar-refractivity contribution in [3.63, 3.8) is 0 Å². The van der Waals surface area contributed by atoms with Crippen LogP contribution in [0.3, 0.4) is 0 Å². The molecule has 0 radical (unpaired) electrons. The second kappa shape index (κ2) is 9.42. The summed E-state index contributed by atoms with van der Waals surface area (Å²) in [6, 6.07) is 6.51. The van der Waals surface area contributed by atoms with E-state index in [9.17, 15) is 22.8 Å². The molecule has 1 aromatic carbocycles. The molecule has 2 aliphatic carbocycles. The highest BCUT2D eigenvalue weighted by molar-refractivity contribution is 6.08. The van der Waals surface area contributed by atoms with Gasteiger partial charge in [0.05, 0.1) is 11.2 Å². The molecule has 6 rings (SSSR count). The summed E-state index contributed by atoms with van der Waals surface area (Å²) in [4.78, 5) is 26.8. The number of anilines is 1. The normalized spacial score (nSPS) is 20.4. The molecule has 0 saturated heterocycles. The van der Waals surface area contributed by atoms with Gasteiger partial charge in [-0.3, -0.25) is 14.3 Å². The molecule has 2 amide bonds. The standard InChI is InChI=1S/C27H29F3N6O3/c1-35-21(8-11-31-35)24(37)32-23-22-20(34-36(23)12-9-16-4-5-16)14-26(33-25(22)38)10-2-3-17-13-18(6-7-19(17)26)39-15-27(28,29)30/h6-8,11,13,16H,2-5,9-10,12,14-15H2,1H3,(H,32,37)(H,33,38)/t26-/m0/s1. The van der Waals surface area contributed by atoms with E-state index in [4.69, 9.17) is 9.84 Å². The highest BCUT2D eigenvalue weighted by Gasteiger charge is 2.45. The van der Waals surface area contributed by atoms with Crippen LogP contribution in [0, 0.1) is 5.92 Å². The summed E-state index contributed by atoms with van der Waals surface area (Å²) in [5.74, 6) is 0.435. The zero-order chi connectivity index (χ0) is 27.4. The summed E-state index contributed by atoms with van der Waals surface area (Å²) < 4.78 is 46.1. The molecule has 9 nitrogen and oxygen atoms in total. The lowest BCUT2D eigenvalue weighted by Gasteiger charge is -2.42. The van der Waals surface area contributed by atoms with Crippen molar-refractivity contribution in [3.8, 4) is 5.75 Å². The smallest absolute Gasteiger partial charge is 0.422 e. The molecule has 3 aromatic rings. The molecule has 1 spiro atoms. The van der Waals surface area contributed by atoms with Gasteiger partial charge in [-0.05, 0) is 60.9 Å². The highest BCUT2D eigenvalue weighted by Crippen LogP contribution is 2.43. The van der Waals surface area contributed by atoms with Crippen molar-refractivity contribution < 1.29 is 27.5 Å². The maximum Gasteiger partial charge on any atom is 0.422 e. The maximum atomic E-state index is 13.7. The first-order chi connectivity index (χ1) is 18.6. The van der Waals surface area contributed by atoms with Gasteiger partial charge in [-0.1, -0.05) is 18.9 Å². The number of nitrogens with zero attached hydrogens (tertiary/aromatic N) is 4. The monoisotopic (exact) mass is 542 g/mol. The van der Waals surface area contributed by atoms with Gasteiger partial charge < -0.3 is 15.4 Å². The minimum absolute atomic E-state index is 0.149. The zero-order valence-corrected chi connectivity index (χ0v) is 21.5. The average molecular weight is 543 g/mol. The van der Waals surface area contributed by atoms with Gasteiger partial charge in [-0.15, -0.1) is 0 Å². The Bertz CT molecular complexity index is 1440. The van der Waals surface area contributed by atoms with Crippen LogP contribution >= 0.6 is 0 Å². The number of carbonyl (C=O) groups excluding carboxylic acids is 2. The molecule has 1 aliphatic heterocycles. The summed E-state index contributed by atoms with van der Waals surface area (Å²) in [5, 5.41) is 15.0. The Labute approximate surface area is 222 Å². The number of hydrogen-bond acceptors (Lipinski definition) is 5. The van der Waals surface area contributed by atoms with Crippen LogP contribution in [0.2, 0.25) is 0 Å². The average Bonchev–Trinajstić information content (AvgIpc) is 3.51. The van der Waals surface area contributed by atoms with E-state index in [1.165, 1.54) is 29.8 Å². The Morgan fingerprint density at radius 2 is 2.10 bits per heavy atom. The van der Waals surface area contributed by atoms with Gasteiger partial charge in [0.15, 0.2) is 6.61 Å². The van der Waals surface area contributed by atoms with Crippen LogP contribution in [0.15, 0.2) is 30.5 Å². The van der Waals surface area contributed by atoms with Crippen molar-refractivity contribution in [2.45, 2.75) is 63.2 Å². The summed E-state index contributed by atoms with van der Waals surface area (Å²) in [7, 11) is 1.67. The van der Waals surface area contributed by atoms with Crippen LogP contribution in [0.1, 0.15) is 69.8 Å². The number of aromatic nitrogens is 4. The number of benzene rings is 1. The third-order valence-corrected chi connectivity index (χ3v) is 7.85. The Morgan fingerprint density at radius 3 is 2.82 bits per heavy atom. The third kappa shape index (κ3) is 4.99. The minimum atomic E-state index is -4.42.